The number of carbonyl (C=O) groups is 13. The van der Waals surface area contributed by atoms with Crippen LogP contribution in [0, 0.1) is 35.5 Å². The van der Waals surface area contributed by atoms with Crippen LogP contribution in [-0.2, 0) is 92.7 Å². The highest BCUT2D eigenvalue weighted by atomic mass is 16.6. The summed E-state index contributed by atoms with van der Waals surface area (Å²) < 4.78 is 10.4. The van der Waals surface area contributed by atoms with E-state index in [9.17, 15) is 52.7 Å². The molecule has 0 radical (unpaired) electrons. The van der Waals surface area contributed by atoms with E-state index in [2.05, 4.69) is 53.2 Å². The monoisotopic (exact) mass is 1540 g/mol. The van der Waals surface area contributed by atoms with Gasteiger partial charge in [-0.25, -0.2) is 9.59 Å². The summed E-state index contributed by atoms with van der Waals surface area (Å²) in [5, 5.41) is 28.3. The summed E-state index contributed by atoms with van der Waals surface area (Å²) in [5.74, 6) is -10.2. The van der Waals surface area contributed by atoms with E-state index in [1.54, 1.807) is 191 Å². The molecule has 0 aromatic heterocycles. The van der Waals surface area contributed by atoms with Crippen LogP contribution >= 0.6 is 0 Å². The van der Waals surface area contributed by atoms with Crippen molar-refractivity contribution < 1.29 is 71.8 Å². The molecule has 10 N–H and O–H groups in total. The van der Waals surface area contributed by atoms with Gasteiger partial charge in [-0.05, 0) is 117 Å². The molecular formula is C84H120N12O15. The zero-order valence-electron chi connectivity index (χ0n) is 67.4. The number of carbonyl (C=O) groups excluding carboxylic acids is 13. The number of alkyl carbamates (subject to hydrolysis) is 1. The number of benzene rings is 4. The van der Waals surface area contributed by atoms with E-state index in [0.717, 1.165) is 0 Å². The summed E-state index contributed by atoms with van der Waals surface area (Å²) in [7, 11) is 1.21. The molecule has 0 bridgehead atoms. The largest absolute Gasteiger partial charge is 0.467 e. The van der Waals surface area contributed by atoms with Crippen molar-refractivity contribution in [3.8, 4) is 0 Å². The number of methoxy groups -OCH3 is 1. The van der Waals surface area contributed by atoms with Crippen LogP contribution in [-0.4, -0.2) is 185 Å². The molecule has 2 heterocycles. The van der Waals surface area contributed by atoms with Gasteiger partial charge in [0.2, 0.25) is 65.0 Å². The highest BCUT2D eigenvalue weighted by molar-refractivity contribution is 6.00. The molecule has 111 heavy (non-hydrogen) atoms. The first-order chi connectivity index (χ1) is 52.4. The molecule has 0 aliphatic carbocycles. The highest BCUT2D eigenvalue weighted by Gasteiger charge is 2.46. The first kappa shape index (κ1) is 89.7. The minimum absolute atomic E-state index is 0.00695. The summed E-state index contributed by atoms with van der Waals surface area (Å²) in [6.45, 7) is 26.7. The van der Waals surface area contributed by atoms with Crippen LogP contribution in [0.25, 0.3) is 0 Å². The fraction of sp³-hybridized carbons (Fsp3) is 0.560. The van der Waals surface area contributed by atoms with Crippen molar-refractivity contribution in [1.29, 1.82) is 0 Å². The lowest BCUT2D eigenvalue weighted by Crippen LogP contribution is -2.62. The molecular weight excluding hydrogens is 1420 g/mol. The number of nitrogens with zero attached hydrogens (tertiary/aromatic N) is 2. The van der Waals surface area contributed by atoms with Gasteiger partial charge >= 0.3 is 12.1 Å². The topological polar surface area (TPSA) is 367 Å². The number of nitrogens with one attached hydrogen (secondary N) is 10. The molecule has 12 atom stereocenters. The minimum atomic E-state index is -1.32. The Morgan fingerprint density at radius 3 is 1.02 bits per heavy atom. The summed E-state index contributed by atoms with van der Waals surface area (Å²) in [5.41, 5.74) is 1.86. The smallest absolute Gasteiger partial charge is 0.408 e. The van der Waals surface area contributed by atoms with Gasteiger partial charge in [-0.15, -0.1) is 0 Å². The second-order valence-electron chi connectivity index (χ2n) is 32.3. The second kappa shape index (κ2) is 42.8. The third-order valence-corrected chi connectivity index (χ3v) is 19.5. The fourth-order valence-corrected chi connectivity index (χ4v) is 13.6. The fourth-order valence-electron chi connectivity index (χ4n) is 13.6. The minimum Gasteiger partial charge on any atom is -0.467 e. The molecule has 12 amide bonds. The third-order valence-electron chi connectivity index (χ3n) is 19.5. The Bertz CT molecular complexity index is 3780. The van der Waals surface area contributed by atoms with Crippen molar-refractivity contribution in [2.24, 2.45) is 35.5 Å². The van der Waals surface area contributed by atoms with E-state index in [-0.39, 0.29) is 82.2 Å². The van der Waals surface area contributed by atoms with Gasteiger partial charge in [0, 0.05) is 38.8 Å². The van der Waals surface area contributed by atoms with Crippen molar-refractivity contribution >= 4 is 77.0 Å². The first-order valence-electron chi connectivity index (χ1n) is 39.0. The highest BCUT2D eigenvalue weighted by Crippen LogP contribution is 2.28. The van der Waals surface area contributed by atoms with Crippen molar-refractivity contribution in [2.45, 2.75) is 246 Å². The molecule has 6 rings (SSSR count). The number of hydrogen-bond donors (Lipinski definition) is 10. The van der Waals surface area contributed by atoms with Gasteiger partial charge in [0.1, 0.15) is 78.1 Å². The number of amides is 12. The summed E-state index contributed by atoms with van der Waals surface area (Å²) in [4.78, 5) is 190. The van der Waals surface area contributed by atoms with Crippen molar-refractivity contribution in [3.63, 3.8) is 0 Å². The number of ether oxygens (including phenoxy) is 2. The second-order valence-corrected chi connectivity index (χ2v) is 32.3. The van der Waals surface area contributed by atoms with Gasteiger partial charge in [-0.2, -0.15) is 0 Å². The van der Waals surface area contributed by atoms with E-state index in [1.807, 2.05) is 33.8 Å². The lowest BCUT2D eigenvalue weighted by Gasteiger charge is -2.35. The Hall–Kier alpha value is -10.2. The van der Waals surface area contributed by atoms with Gasteiger partial charge in [0.05, 0.1) is 7.11 Å². The predicted octanol–water partition coefficient (Wildman–Crippen LogP) is 6.08. The number of hydrogen-bond acceptors (Lipinski definition) is 15. The number of esters is 1. The van der Waals surface area contributed by atoms with Crippen LogP contribution in [0.3, 0.4) is 0 Å². The molecule has 0 unspecified atom stereocenters. The number of likely N-dealkylation sites (tertiary alicyclic amines) is 2. The first-order valence-corrected chi connectivity index (χ1v) is 39.0. The summed E-state index contributed by atoms with van der Waals surface area (Å²) in [6.07, 6.45) is 0.657. The molecule has 2 aliphatic rings. The molecule has 2 fully saturated rings. The van der Waals surface area contributed by atoms with E-state index in [4.69, 9.17) is 9.47 Å². The van der Waals surface area contributed by atoms with Crippen LogP contribution in [0.1, 0.15) is 165 Å². The van der Waals surface area contributed by atoms with Crippen molar-refractivity contribution in [3.05, 3.63) is 144 Å². The average Bonchev–Trinajstić information content (AvgIpc) is 1.69. The predicted molar refractivity (Wildman–Crippen MR) is 421 cm³/mol. The molecule has 0 saturated carbocycles. The maximum Gasteiger partial charge on any atom is 0.408 e. The Morgan fingerprint density at radius 1 is 0.369 bits per heavy atom. The van der Waals surface area contributed by atoms with Crippen LogP contribution in [0.15, 0.2) is 121 Å². The zero-order valence-corrected chi connectivity index (χ0v) is 67.4. The molecule has 4 aromatic rings. The average molecular weight is 1540 g/mol. The van der Waals surface area contributed by atoms with Gasteiger partial charge in [0.15, 0.2) is 0 Å². The van der Waals surface area contributed by atoms with Crippen LogP contribution < -0.4 is 53.2 Å². The standard InChI is InChI=1S/C84H120N12O15/c1-49(2)43-59(86-74(100)62(46-56-33-23-18-24-34-56)90-79(105)68(52(7)8)94-83(109)111-84(13,14)15)71(97)87-63(47-57-35-25-19-26-36-57)75(101)92-69(53(9)10)81(107)96-42-30-40-66(96)80(106)95-41-29-39-65(95)77(103)91-67(51(5)6)78(104)89-61(45-55-31-21-17-22-32-55)73(99)85-60(44-50(3)4)72(98)88-64(48-58-37-27-20-28-38-58)76(102)93-70(54(11)12)82(108)110-16/h17-28,31-38,49-54,59-70H,29-30,39-48H2,1-16H3,(H,85,99)(H,86,100)(H,87,97)(H,88,98)(H,89,104)(H,90,105)(H,91,103)(H,92,101)(H,93,102)(H,94,109)/t59-,60-,61-,62-,63-,64-,65-,66+,67-,68-,69-,70-/m0/s1. The van der Waals surface area contributed by atoms with E-state index in [0.29, 0.717) is 35.1 Å². The van der Waals surface area contributed by atoms with Gasteiger partial charge in [0.25, 0.3) is 0 Å². The van der Waals surface area contributed by atoms with Crippen molar-refractivity contribution in [1.82, 2.24) is 63.0 Å². The molecule has 27 nitrogen and oxygen atoms in total. The molecule has 27 heteroatoms. The molecule has 2 saturated heterocycles. The normalized spacial score (nSPS) is 17.0. The summed E-state index contributed by atoms with van der Waals surface area (Å²) in [6, 6.07) is 21.5. The van der Waals surface area contributed by atoms with Gasteiger partial charge < -0.3 is 72.4 Å². The maximum atomic E-state index is 15.1. The van der Waals surface area contributed by atoms with Crippen molar-refractivity contribution in [2.75, 3.05) is 20.2 Å². The third kappa shape index (κ3) is 27.9. The van der Waals surface area contributed by atoms with Gasteiger partial charge in [-0.3, -0.25) is 52.7 Å². The Morgan fingerprint density at radius 2 is 0.676 bits per heavy atom. The molecule has 606 valence electrons. The lowest BCUT2D eigenvalue weighted by molar-refractivity contribution is -0.148. The van der Waals surface area contributed by atoms with E-state index >= 15 is 9.59 Å². The SMILES string of the molecule is COC(=O)[C@@H](NC(=O)[C@H](Cc1ccccc1)NC(=O)[C@H](CC(C)C)NC(=O)[C@H](Cc1ccccc1)NC(=O)[C@@H](NC(=O)[C@@H]1CCCN1C(=O)[C@H]1CCCN1C(=O)[C@@H](NC(=O)[C@H](Cc1ccccc1)NC(=O)[C@H](CC(C)C)NC(=O)[C@H](Cc1ccccc1)NC(=O)[C@@H](NC(=O)OC(C)(C)C)C(C)C)C(C)C)C(C)C)C(C)C. The maximum absolute atomic E-state index is 15.1. The van der Waals surface area contributed by atoms with Crippen LogP contribution in [0.4, 0.5) is 4.79 Å². The lowest BCUT2D eigenvalue weighted by atomic mass is 9.98. The number of rotatable bonds is 38. The Balaban J connectivity index is 1.18. The summed E-state index contributed by atoms with van der Waals surface area (Å²) >= 11 is 0. The molecule has 0 spiro atoms. The molecule has 2 aliphatic heterocycles. The van der Waals surface area contributed by atoms with Gasteiger partial charge in [-0.1, -0.05) is 204 Å². The quantitative estimate of drug-likeness (QED) is 0.0227. The van der Waals surface area contributed by atoms with Crippen LogP contribution in [0.2, 0.25) is 0 Å². The zero-order chi connectivity index (χ0) is 82.0. The van der Waals surface area contributed by atoms with Crippen LogP contribution in [0.5, 0.6) is 0 Å². The Labute approximate surface area is 654 Å². The molecule has 4 aromatic carbocycles. The van der Waals surface area contributed by atoms with E-state index in [1.165, 1.54) is 16.9 Å². The van der Waals surface area contributed by atoms with E-state index < -0.39 is 173 Å². The Kier molecular flexibility index (Phi) is 34.6.